The summed E-state index contributed by atoms with van der Waals surface area (Å²) in [7, 11) is 0. The fourth-order valence-electron chi connectivity index (χ4n) is 1.92. The molecule has 1 atom stereocenters. The number of carbonyl (C=O) groups excluding carboxylic acids is 1. The van der Waals surface area contributed by atoms with Gasteiger partial charge in [0.05, 0.1) is 6.04 Å². The molecular weight excluding hydrogens is 176 g/mol. The average Bonchev–Trinajstić information content (AvgIpc) is 2.11. The summed E-state index contributed by atoms with van der Waals surface area (Å²) in [4.78, 5) is 11.7. The molecule has 3 N–H and O–H groups in total. The molecule has 0 bridgehead atoms. The van der Waals surface area contributed by atoms with E-state index < -0.39 is 0 Å². The van der Waals surface area contributed by atoms with Gasteiger partial charge in [0, 0.05) is 13.0 Å². The number of likely N-dealkylation sites (N-methyl/N-ethyl adjacent to an activating group) is 1. The molecule has 0 aliphatic heterocycles. The second-order valence-electron chi connectivity index (χ2n) is 4.72. The zero-order chi connectivity index (χ0) is 10.6. The Morgan fingerprint density at radius 2 is 2.21 bits per heavy atom. The van der Waals surface area contributed by atoms with Gasteiger partial charge in [-0.2, -0.15) is 0 Å². The first kappa shape index (κ1) is 11.7. The SMILES string of the molecule is CCNC[C@@H](N)C(=O)CC1(C)CCC1. The van der Waals surface area contributed by atoms with Crippen molar-refractivity contribution in [1.82, 2.24) is 5.32 Å². The van der Waals surface area contributed by atoms with E-state index in [9.17, 15) is 4.79 Å². The predicted octanol–water partition coefficient (Wildman–Crippen LogP) is 1.07. The van der Waals surface area contributed by atoms with Gasteiger partial charge >= 0.3 is 0 Å². The topological polar surface area (TPSA) is 55.1 Å². The van der Waals surface area contributed by atoms with Gasteiger partial charge in [0.2, 0.25) is 0 Å². The normalized spacial score (nSPS) is 21.4. The smallest absolute Gasteiger partial charge is 0.151 e. The minimum atomic E-state index is -0.313. The lowest BCUT2D eigenvalue weighted by molar-refractivity contribution is -0.123. The van der Waals surface area contributed by atoms with Gasteiger partial charge in [0.15, 0.2) is 5.78 Å². The Bertz CT molecular complexity index is 199. The molecular formula is C11H22N2O. The monoisotopic (exact) mass is 198 g/mol. The summed E-state index contributed by atoms with van der Waals surface area (Å²) in [5.41, 5.74) is 6.04. The number of nitrogens with one attached hydrogen (secondary N) is 1. The Labute approximate surface area is 86.4 Å². The maximum Gasteiger partial charge on any atom is 0.151 e. The molecule has 3 nitrogen and oxygen atoms in total. The number of ketones is 1. The van der Waals surface area contributed by atoms with Crippen LogP contribution in [0.2, 0.25) is 0 Å². The van der Waals surface area contributed by atoms with E-state index in [-0.39, 0.29) is 17.2 Å². The fourth-order valence-corrected chi connectivity index (χ4v) is 1.92. The van der Waals surface area contributed by atoms with Crippen LogP contribution in [0.15, 0.2) is 0 Å². The van der Waals surface area contributed by atoms with Crippen LogP contribution in [0.25, 0.3) is 0 Å². The first-order valence-corrected chi connectivity index (χ1v) is 5.56. The molecule has 0 aromatic heterocycles. The second-order valence-corrected chi connectivity index (χ2v) is 4.72. The van der Waals surface area contributed by atoms with Crippen LogP contribution in [0.1, 0.15) is 39.5 Å². The first-order valence-electron chi connectivity index (χ1n) is 5.56. The van der Waals surface area contributed by atoms with E-state index in [4.69, 9.17) is 5.73 Å². The third-order valence-electron chi connectivity index (χ3n) is 3.19. The Morgan fingerprint density at radius 3 is 2.64 bits per heavy atom. The van der Waals surface area contributed by atoms with E-state index in [0.29, 0.717) is 13.0 Å². The van der Waals surface area contributed by atoms with Gasteiger partial charge in [0.1, 0.15) is 0 Å². The predicted molar refractivity (Wildman–Crippen MR) is 58.1 cm³/mol. The summed E-state index contributed by atoms with van der Waals surface area (Å²) < 4.78 is 0. The number of rotatable bonds is 6. The first-order chi connectivity index (χ1) is 6.57. The Kier molecular flexibility index (Phi) is 4.08. The molecule has 0 unspecified atom stereocenters. The van der Waals surface area contributed by atoms with Crippen molar-refractivity contribution in [2.75, 3.05) is 13.1 Å². The van der Waals surface area contributed by atoms with Gasteiger partial charge < -0.3 is 11.1 Å². The van der Waals surface area contributed by atoms with Gasteiger partial charge in [-0.05, 0) is 24.8 Å². The number of nitrogens with two attached hydrogens (primary N) is 1. The quantitative estimate of drug-likeness (QED) is 0.671. The molecule has 0 saturated heterocycles. The number of Topliss-reactive ketones (excluding diaryl/α,β-unsaturated/α-hetero) is 1. The molecule has 1 saturated carbocycles. The van der Waals surface area contributed by atoms with E-state index in [1.54, 1.807) is 0 Å². The summed E-state index contributed by atoms with van der Waals surface area (Å²) in [5, 5.41) is 3.10. The zero-order valence-electron chi connectivity index (χ0n) is 9.31. The fraction of sp³-hybridized carbons (Fsp3) is 0.909. The van der Waals surface area contributed by atoms with Crippen molar-refractivity contribution in [2.45, 2.75) is 45.6 Å². The van der Waals surface area contributed by atoms with Gasteiger partial charge in [-0.25, -0.2) is 0 Å². The minimum absolute atomic E-state index is 0.216. The van der Waals surface area contributed by atoms with Gasteiger partial charge in [-0.3, -0.25) is 4.79 Å². The summed E-state index contributed by atoms with van der Waals surface area (Å²) in [5.74, 6) is 0.216. The molecule has 1 rings (SSSR count). The lowest BCUT2D eigenvalue weighted by Gasteiger charge is -2.38. The summed E-state index contributed by atoms with van der Waals surface area (Å²) >= 11 is 0. The van der Waals surface area contributed by atoms with Crippen molar-refractivity contribution in [1.29, 1.82) is 0 Å². The Balaban J connectivity index is 2.26. The number of hydrogen-bond donors (Lipinski definition) is 2. The average molecular weight is 198 g/mol. The molecule has 0 aromatic rings. The summed E-state index contributed by atoms with van der Waals surface area (Å²) in [6, 6.07) is -0.313. The van der Waals surface area contributed by atoms with E-state index in [0.717, 1.165) is 6.54 Å². The number of carbonyl (C=O) groups is 1. The zero-order valence-corrected chi connectivity index (χ0v) is 9.31. The highest BCUT2D eigenvalue weighted by Crippen LogP contribution is 2.43. The molecule has 0 aromatic carbocycles. The Morgan fingerprint density at radius 1 is 1.57 bits per heavy atom. The van der Waals surface area contributed by atoms with Crippen LogP contribution in [-0.4, -0.2) is 24.9 Å². The summed E-state index contributed by atoms with van der Waals surface area (Å²) in [6.07, 6.45) is 4.31. The van der Waals surface area contributed by atoms with Crippen molar-refractivity contribution < 1.29 is 4.79 Å². The van der Waals surface area contributed by atoms with Crippen LogP contribution < -0.4 is 11.1 Å². The molecule has 0 heterocycles. The molecule has 14 heavy (non-hydrogen) atoms. The third-order valence-corrected chi connectivity index (χ3v) is 3.19. The van der Waals surface area contributed by atoms with Crippen LogP contribution in [0.4, 0.5) is 0 Å². The van der Waals surface area contributed by atoms with E-state index in [1.807, 2.05) is 6.92 Å². The lowest BCUT2D eigenvalue weighted by Crippen LogP contribution is -2.43. The van der Waals surface area contributed by atoms with Crippen LogP contribution in [0, 0.1) is 5.41 Å². The van der Waals surface area contributed by atoms with E-state index in [1.165, 1.54) is 19.3 Å². The minimum Gasteiger partial charge on any atom is -0.320 e. The van der Waals surface area contributed by atoms with Crippen LogP contribution in [-0.2, 0) is 4.79 Å². The molecule has 0 radical (unpaired) electrons. The van der Waals surface area contributed by atoms with Gasteiger partial charge in [-0.1, -0.05) is 20.3 Å². The van der Waals surface area contributed by atoms with Crippen LogP contribution in [0.5, 0.6) is 0 Å². The summed E-state index contributed by atoms with van der Waals surface area (Å²) in [6.45, 7) is 5.70. The largest absolute Gasteiger partial charge is 0.320 e. The van der Waals surface area contributed by atoms with E-state index >= 15 is 0 Å². The van der Waals surface area contributed by atoms with E-state index in [2.05, 4.69) is 12.2 Å². The second kappa shape index (κ2) is 4.89. The standard InChI is InChI=1S/C11H22N2O/c1-3-13-8-9(12)10(14)7-11(2)5-4-6-11/h9,13H,3-8,12H2,1-2H3/t9-/m1/s1. The van der Waals surface area contributed by atoms with Gasteiger partial charge in [0.25, 0.3) is 0 Å². The molecule has 82 valence electrons. The van der Waals surface area contributed by atoms with Gasteiger partial charge in [-0.15, -0.1) is 0 Å². The number of hydrogen-bond acceptors (Lipinski definition) is 3. The van der Waals surface area contributed by atoms with Crippen LogP contribution in [0.3, 0.4) is 0 Å². The van der Waals surface area contributed by atoms with Crippen molar-refractivity contribution in [3.63, 3.8) is 0 Å². The maximum atomic E-state index is 11.7. The molecule has 1 aliphatic carbocycles. The molecule has 1 fully saturated rings. The molecule has 1 aliphatic rings. The molecule has 0 spiro atoms. The third kappa shape index (κ3) is 3.07. The van der Waals surface area contributed by atoms with Crippen molar-refractivity contribution in [3.8, 4) is 0 Å². The van der Waals surface area contributed by atoms with Crippen molar-refractivity contribution >= 4 is 5.78 Å². The van der Waals surface area contributed by atoms with Crippen molar-refractivity contribution in [3.05, 3.63) is 0 Å². The molecule has 0 amide bonds. The highest BCUT2D eigenvalue weighted by molar-refractivity contribution is 5.84. The van der Waals surface area contributed by atoms with Crippen LogP contribution >= 0.6 is 0 Å². The van der Waals surface area contributed by atoms with Crippen molar-refractivity contribution in [2.24, 2.45) is 11.1 Å². The lowest BCUT2D eigenvalue weighted by atomic mass is 9.67. The highest BCUT2D eigenvalue weighted by Gasteiger charge is 2.34. The maximum absolute atomic E-state index is 11.7. The molecule has 3 heteroatoms. The highest BCUT2D eigenvalue weighted by atomic mass is 16.1. The Hall–Kier alpha value is -0.410.